The lowest BCUT2D eigenvalue weighted by Gasteiger charge is -2.44. The van der Waals surface area contributed by atoms with Gasteiger partial charge in [-0.2, -0.15) is 0 Å². The molecule has 2 rings (SSSR count). The van der Waals surface area contributed by atoms with E-state index in [0.717, 1.165) is 17.9 Å². The molecule has 0 aromatic heterocycles. The summed E-state index contributed by atoms with van der Waals surface area (Å²) in [5.74, 6) is 1.92. The van der Waals surface area contributed by atoms with Crippen molar-refractivity contribution < 1.29 is 0 Å². The molecular weight excluding hydrogens is 220 g/mol. The van der Waals surface area contributed by atoms with Crippen molar-refractivity contribution in [2.75, 3.05) is 19.6 Å². The maximum absolute atomic E-state index is 3.63. The number of hydrogen-bond donors (Lipinski definition) is 1. The zero-order chi connectivity index (χ0) is 13.0. The fourth-order valence-corrected chi connectivity index (χ4v) is 3.58. The second kappa shape index (κ2) is 6.91. The highest BCUT2D eigenvalue weighted by atomic mass is 15.2. The van der Waals surface area contributed by atoms with Gasteiger partial charge in [-0.3, -0.25) is 0 Å². The van der Waals surface area contributed by atoms with E-state index >= 15 is 0 Å². The van der Waals surface area contributed by atoms with Gasteiger partial charge in [0, 0.05) is 12.1 Å². The highest BCUT2D eigenvalue weighted by molar-refractivity contribution is 4.91. The van der Waals surface area contributed by atoms with E-state index in [1.54, 1.807) is 0 Å². The molecule has 0 radical (unpaired) electrons. The van der Waals surface area contributed by atoms with Gasteiger partial charge in [-0.1, -0.05) is 27.2 Å². The number of nitrogens with zero attached hydrogens (tertiary/aromatic N) is 1. The van der Waals surface area contributed by atoms with Gasteiger partial charge in [-0.25, -0.2) is 0 Å². The molecule has 2 aliphatic rings. The third kappa shape index (κ3) is 3.71. The van der Waals surface area contributed by atoms with Gasteiger partial charge in [0.1, 0.15) is 0 Å². The summed E-state index contributed by atoms with van der Waals surface area (Å²) in [6.45, 7) is 10.8. The highest BCUT2D eigenvalue weighted by Gasteiger charge is 2.35. The van der Waals surface area contributed by atoms with Crippen molar-refractivity contribution in [3.05, 3.63) is 0 Å². The molecule has 2 nitrogen and oxygen atoms in total. The Morgan fingerprint density at radius 3 is 2.56 bits per heavy atom. The van der Waals surface area contributed by atoms with Crippen molar-refractivity contribution in [3.63, 3.8) is 0 Å². The zero-order valence-corrected chi connectivity index (χ0v) is 12.6. The minimum absolute atomic E-state index is 0.639. The average Bonchev–Trinajstić information content (AvgIpc) is 2.53. The minimum atomic E-state index is 0.639. The summed E-state index contributed by atoms with van der Waals surface area (Å²) in [6, 6.07) is 1.53. The Morgan fingerprint density at radius 1 is 1.11 bits per heavy atom. The smallest absolute Gasteiger partial charge is 0.0136 e. The minimum Gasteiger partial charge on any atom is -0.314 e. The fraction of sp³-hybridized carbons (Fsp3) is 1.00. The summed E-state index contributed by atoms with van der Waals surface area (Å²) in [5.41, 5.74) is 0. The van der Waals surface area contributed by atoms with E-state index < -0.39 is 0 Å². The van der Waals surface area contributed by atoms with Gasteiger partial charge in [0.25, 0.3) is 0 Å². The number of hydrogen-bond acceptors (Lipinski definition) is 2. The van der Waals surface area contributed by atoms with Crippen molar-refractivity contribution >= 4 is 0 Å². The lowest BCUT2D eigenvalue weighted by Crippen LogP contribution is -2.51. The Kier molecular flexibility index (Phi) is 5.50. The van der Waals surface area contributed by atoms with Crippen LogP contribution in [0.15, 0.2) is 0 Å². The van der Waals surface area contributed by atoms with E-state index in [9.17, 15) is 0 Å². The first kappa shape index (κ1) is 14.3. The van der Waals surface area contributed by atoms with Gasteiger partial charge >= 0.3 is 0 Å². The van der Waals surface area contributed by atoms with Crippen LogP contribution in [0.3, 0.4) is 0 Å². The molecule has 1 aliphatic heterocycles. The molecule has 3 unspecified atom stereocenters. The molecule has 1 saturated heterocycles. The third-order valence-corrected chi connectivity index (χ3v) is 5.09. The second-order valence-corrected chi connectivity index (χ2v) is 6.71. The van der Waals surface area contributed by atoms with Crippen LogP contribution in [0.25, 0.3) is 0 Å². The molecule has 18 heavy (non-hydrogen) atoms. The van der Waals surface area contributed by atoms with Gasteiger partial charge in [0.15, 0.2) is 0 Å². The van der Waals surface area contributed by atoms with Gasteiger partial charge in [0.2, 0.25) is 0 Å². The first-order valence-electron chi connectivity index (χ1n) is 8.18. The number of likely N-dealkylation sites (tertiary alicyclic amines) is 1. The Bertz CT molecular complexity index is 239. The zero-order valence-electron chi connectivity index (χ0n) is 12.6. The molecule has 0 aromatic rings. The Labute approximate surface area is 114 Å². The summed E-state index contributed by atoms with van der Waals surface area (Å²) in [6.07, 6.45) is 8.61. The Hall–Kier alpha value is -0.0800. The second-order valence-electron chi connectivity index (χ2n) is 6.71. The van der Waals surface area contributed by atoms with Crippen LogP contribution in [0, 0.1) is 11.8 Å². The monoisotopic (exact) mass is 252 g/mol. The molecule has 0 bridgehead atoms. The normalized spacial score (nSPS) is 34.3. The van der Waals surface area contributed by atoms with Gasteiger partial charge in [-0.05, 0) is 63.6 Å². The predicted molar refractivity (Wildman–Crippen MR) is 78.9 cm³/mol. The third-order valence-electron chi connectivity index (χ3n) is 5.09. The first-order valence-corrected chi connectivity index (χ1v) is 8.18. The van der Waals surface area contributed by atoms with Crippen molar-refractivity contribution in [1.29, 1.82) is 0 Å². The molecule has 0 aromatic carbocycles. The first-order chi connectivity index (χ1) is 8.70. The molecule has 1 aliphatic carbocycles. The summed E-state index contributed by atoms with van der Waals surface area (Å²) < 4.78 is 0. The number of rotatable bonds is 5. The summed E-state index contributed by atoms with van der Waals surface area (Å²) in [7, 11) is 0. The van der Waals surface area contributed by atoms with E-state index in [1.807, 2.05) is 0 Å². The summed E-state index contributed by atoms with van der Waals surface area (Å²) in [4.78, 5) is 2.81. The van der Waals surface area contributed by atoms with Crippen LogP contribution < -0.4 is 5.32 Å². The van der Waals surface area contributed by atoms with Crippen LogP contribution in [0.5, 0.6) is 0 Å². The fourth-order valence-electron chi connectivity index (χ4n) is 3.58. The lowest BCUT2D eigenvalue weighted by molar-refractivity contribution is 0.0626. The SMILES string of the molecule is CCC1CCCN(C2CCC2CNC(C)C)CC1. The predicted octanol–water partition coefficient (Wildman–Crippen LogP) is 3.28. The molecule has 3 atom stereocenters. The van der Waals surface area contributed by atoms with Crippen molar-refractivity contribution in [2.24, 2.45) is 11.8 Å². The van der Waals surface area contributed by atoms with E-state index in [-0.39, 0.29) is 0 Å². The van der Waals surface area contributed by atoms with Gasteiger partial charge in [-0.15, -0.1) is 0 Å². The largest absolute Gasteiger partial charge is 0.314 e. The summed E-state index contributed by atoms with van der Waals surface area (Å²) in [5, 5.41) is 3.63. The topological polar surface area (TPSA) is 15.3 Å². The van der Waals surface area contributed by atoms with Crippen LogP contribution in [0.1, 0.15) is 59.3 Å². The van der Waals surface area contributed by atoms with Crippen LogP contribution in [-0.2, 0) is 0 Å². The average molecular weight is 252 g/mol. The van der Waals surface area contributed by atoms with E-state index in [0.29, 0.717) is 6.04 Å². The summed E-state index contributed by atoms with van der Waals surface area (Å²) >= 11 is 0. The quantitative estimate of drug-likeness (QED) is 0.808. The highest BCUT2D eigenvalue weighted by Crippen LogP contribution is 2.34. The molecule has 0 spiro atoms. The number of nitrogens with one attached hydrogen (secondary N) is 1. The maximum Gasteiger partial charge on any atom is 0.0136 e. The van der Waals surface area contributed by atoms with Crippen LogP contribution in [0.4, 0.5) is 0 Å². The molecule has 106 valence electrons. The molecule has 2 fully saturated rings. The van der Waals surface area contributed by atoms with E-state index in [2.05, 4.69) is 31.0 Å². The van der Waals surface area contributed by atoms with Gasteiger partial charge in [0.05, 0.1) is 0 Å². The lowest BCUT2D eigenvalue weighted by atomic mass is 9.78. The van der Waals surface area contributed by atoms with E-state index in [1.165, 1.54) is 58.2 Å². The standard InChI is InChI=1S/C16H32N2/c1-4-14-6-5-10-18(11-9-14)16-8-7-15(16)12-17-13(2)3/h13-17H,4-12H2,1-3H3. The van der Waals surface area contributed by atoms with Crippen molar-refractivity contribution in [3.8, 4) is 0 Å². The maximum atomic E-state index is 3.63. The Balaban J connectivity index is 1.77. The molecule has 2 heteroatoms. The van der Waals surface area contributed by atoms with Gasteiger partial charge < -0.3 is 10.2 Å². The Morgan fingerprint density at radius 2 is 1.94 bits per heavy atom. The molecular formula is C16H32N2. The van der Waals surface area contributed by atoms with Crippen LogP contribution >= 0.6 is 0 Å². The molecule has 0 amide bonds. The van der Waals surface area contributed by atoms with E-state index in [4.69, 9.17) is 0 Å². The molecule has 1 saturated carbocycles. The van der Waals surface area contributed by atoms with Crippen molar-refractivity contribution in [2.45, 2.75) is 71.4 Å². The molecule has 1 N–H and O–H groups in total. The molecule has 1 heterocycles. The van der Waals surface area contributed by atoms with Crippen molar-refractivity contribution in [1.82, 2.24) is 10.2 Å². The van der Waals surface area contributed by atoms with Crippen LogP contribution in [-0.4, -0.2) is 36.6 Å². The van der Waals surface area contributed by atoms with Crippen LogP contribution in [0.2, 0.25) is 0 Å².